The number of carbonyl (C=O) groups excluding carboxylic acids is 1. The van der Waals surface area contributed by atoms with Crippen LogP contribution in [0.5, 0.6) is 0 Å². The molecule has 31 heavy (non-hydrogen) atoms. The minimum atomic E-state index is -0.838. The van der Waals surface area contributed by atoms with Crippen molar-refractivity contribution in [2.45, 2.75) is 142 Å². The number of esters is 1. The number of aliphatic carboxylic acids is 1. The average Bonchev–Trinajstić information content (AvgIpc) is 2.74. The molecule has 0 aromatic heterocycles. The number of carboxylic acids is 1. The zero-order valence-electron chi connectivity index (χ0n) is 20.7. The topological polar surface area (TPSA) is 63.6 Å². The Bertz CT molecular complexity index is 474. The molecule has 0 aromatic carbocycles. The van der Waals surface area contributed by atoms with Crippen LogP contribution in [-0.2, 0) is 14.3 Å². The quantitative estimate of drug-likeness (QED) is 0.174. The lowest BCUT2D eigenvalue weighted by Crippen LogP contribution is -2.35. The number of ether oxygens (including phenoxy) is 1. The summed E-state index contributed by atoms with van der Waals surface area (Å²) in [5.74, 6) is -1.33. The molecular weight excluding hydrogens is 388 g/mol. The molecule has 3 unspecified atom stereocenters. The van der Waals surface area contributed by atoms with E-state index in [2.05, 4.69) is 20.8 Å². The van der Waals surface area contributed by atoms with Crippen LogP contribution >= 0.6 is 0 Å². The van der Waals surface area contributed by atoms with Gasteiger partial charge in [-0.05, 0) is 44.4 Å². The van der Waals surface area contributed by atoms with Gasteiger partial charge in [0.05, 0.1) is 11.8 Å². The van der Waals surface area contributed by atoms with Gasteiger partial charge in [0.2, 0.25) is 0 Å². The van der Waals surface area contributed by atoms with Crippen molar-refractivity contribution in [2.24, 2.45) is 17.8 Å². The van der Waals surface area contributed by atoms with Crippen LogP contribution in [0.2, 0.25) is 0 Å². The molecule has 1 rings (SSSR count). The van der Waals surface area contributed by atoms with Crippen LogP contribution in [0.25, 0.3) is 0 Å². The maximum absolute atomic E-state index is 12.9. The van der Waals surface area contributed by atoms with E-state index in [0.717, 1.165) is 44.4 Å². The fourth-order valence-electron chi connectivity index (χ4n) is 4.83. The highest BCUT2D eigenvalue weighted by Crippen LogP contribution is 2.32. The van der Waals surface area contributed by atoms with Crippen LogP contribution in [0.4, 0.5) is 0 Å². The summed E-state index contributed by atoms with van der Waals surface area (Å²) in [6, 6.07) is 0. The van der Waals surface area contributed by atoms with Gasteiger partial charge in [-0.25, -0.2) is 0 Å². The Morgan fingerprint density at radius 2 is 1.26 bits per heavy atom. The first-order valence-corrected chi connectivity index (χ1v) is 13.4. The van der Waals surface area contributed by atoms with Crippen molar-refractivity contribution in [3.63, 3.8) is 0 Å². The van der Waals surface area contributed by atoms with Crippen molar-refractivity contribution >= 4 is 11.9 Å². The second-order valence-corrected chi connectivity index (χ2v) is 10.2. The molecule has 0 bridgehead atoms. The number of carbonyl (C=O) groups is 2. The fraction of sp³-hybridized carbons (Fsp3) is 0.926. The molecule has 0 radical (unpaired) electrons. The third kappa shape index (κ3) is 13.2. The van der Waals surface area contributed by atoms with Crippen LogP contribution in [0.1, 0.15) is 136 Å². The Morgan fingerprint density at radius 3 is 1.77 bits per heavy atom. The largest absolute Gasteiger partial charge is 0.481 e. The van der Waals surface area contributed by atoms with Gasteiger partial charge in [-0.15, -0.1) is 0 Å². The van der Waals surface area contributed by atoms with E-state index in [0.29, 0.717) is 12.8 Å². The predicted molar refractivity (Wildman–Crippen MR) is 128 cm³/mol. The molecule has 0 aromatic rings. The number of rotatable bonds is 18. The van der Waals surface area contributed by atoms with Crippen molar-refractivity contribution in [3.8, 4) is 0 Å². The smallest absolute Gasteiger partial charge is 0.310 e. The summed E-state index contributed by atoms with van der Waals surface area (Å²) >= 11 is 0. The summed E-state index contributed by atoms with van der Waals surface area (Å²) in [6.07, 6.45) is 19.8. The van der Waals surface area contributed by atoms with E-state index >= 15 is 0 Å². The maximum Gasteiger partial charge on any atom is 0.310 e. The Balaban J connectivity index is 2.45. The lowest BCUT2D eigenvalue weighted by atomic mass is 9.79. The van der Waals surface area contributed by atoms with E-state index in [4.69, 9.17) is 4.74 Å². The SMILES string of the molecule is CCCCCCCCCC(CCCCCCC(C)C)OC(=O)C1CCCCC1C(=O)O. The van der Waals surface area contributed by atoms with Crippen molar-refractivity contribution in [1.29, 1.82) is 0 Å². The van der Waals surface area contributed by atoms with Crippen molar-refractivity contribution < 1.29 is 19.4 Å². The Hall–Kier alpha value is -1.06. The Morgan fingerprint density at radius 1 is 0.774 bits per heavy atom. The summed E-state index contributed by atoms with van der Waals surface area (Å²) in [4.78, 5) is 24.4. The van der Waals surface area contributed by atoms with Crippen LogP contribution in [0.3, 0.4) is 0 Å². The second kappa shape index (κ2) is 17.5. The first kappa shape index (κ1) is 28.0. The molecule has 182 valence electrons. The van der Waals surface area contributed by atoms with Crippen LogP contribution in [0.15, 0.2) is 0 Å². The summed E-state index contributed by atoms with van der Waals surface area (Å²) in [5.41, 5.74) is 0. The number of hydrogen-bond donors (Lipinski definition) is 1. The average molecular weight is 439 g/mol. The molecule has 0 heterocycles. The lowest BCUT2D eigenvalue weighted by Gasteiger charge is -2.29. The molecule has 1 aliphatic carbocycles. The third-order valence-corrected chi connectivity index (χ3v) is 6.86. The molecule has 0 amide bonds. The van der Waals surface area contributed by atoms with Gasteiger partial charge in [-0.3, -0.25) is 9.59 Å². The maximum atomic E-state index is 12.9. The zero-order chi connectivity index (χ0) is 22.9. The molecule has 1 saturated carbocycles. The summed E-state index contributed by atoms with van der Waals surface area (Å²) in [7, 11) is 0. The summed E-state index contributed by atoms with van der Waals surface area (Å²) < 4.78 is 5.96. The van der Waals surface area contributed by atoms with E-state index < -0.39 is 17.8 Å². The Labute approximate surface area is 191 Å². The van der Waals surface area contributed by atoms with Gasteiger partial charge >= 0.3 is 11.9 Å². The zero-order valence-corrected chi connectivity index (χ0v) is 20.7. The summed E-state index contributed by atoms with van der Waals surface area (Å²) in [5, 5.41) is 9.51. The van der Waals surface area contributed by atoms with E-state index in [1.807, 2.05) is 0 Å². The van der Waals surface area contributed by atoms with Crippen LogP contribution in [-0.4, -0.2) is 23.1 Å². The van der Waals surface area contributed by atoms with Gasteiger partial charge in [0.1, 0.15) is 6.10 Å². The standard InChI is InChI=1S/C27H50O4/c1-4-5-6-7-8-9-13-18-23(19-14-11-10-12-17-22(2)3)31-27(30)25-21-16-15-20-24(25)26(28)29/h22-25H,4-21H2,1-3H3,(H,28,29). The van der Waals surface area contributed by atoms with E-state index in [-0.39, 0.29) is 12.1 Å². The van der Waals surface area contributed by atoms with E-state index in [1.54, 1.807) is 0 Å². The van der Waals surface area contributed by atoms with Crippen LogP contribution < -0.4 is 0 Å². The van der Waals surface area contributed by atoms with Crippen molar-refractivity contribution in [3.05, 3.63) is 0 Å². The molecule has 1 fully saturated rings. The predicted octanol–water partition coefficient (Wildman–Crippen LogP) is 7.93. The first-order valence-electron chi connectivity index (χ1n) is 13.4. The second-order valence-electron chi connectivity index (χ2n) is 10.2. The van der Waals surface area contributed by atoms with Gasteiger partial charge in [0, 0.05) is 0 Å². The summed E-state index contributed by atoms with van der Waals surface area (Å²) in [6.45, 7) is 6.78. The van der Waals surface area contributed by atoms with Gasteiger partial charge in [-0.2, -0.15) is 0 Å². The van der Waals surface area contributed by atoms with E-state index in [9.17, 15) is 14.7 Å². The molecule has 4 heteroatoms. The lowest BCUT2D eigenvalue weighted by molar-refractivity contribution is -0.164. The highest BCUT2D eigenvalue weighted by molar-refractivity contribution is 5.81. The van der Waals surface area contributed by atoms with Crippen molar-refractivity contribution in [1.82, 2.24) is 0 Å². The van der Waals surface area contributed by atoms with Gasteiger partial charge in [-0.1, -0.05) is 97.8 Å². The molecule has 0 saturated heterocycles. The Kier molecular flexibility index (Phi) is 15.8. The number of unbranched alkanes of at least 4 members (excludes halogenated alkanes) is 9. The van der Waals surface area contributed by atoms with Gasteiger partial charge in [0.15, 0.2) is 0 Å². The molecule has 1 N–H and O–H groups in total. The molecule has 0 spiro atoms. The first-order chi connectivity index (χ1) is 15.0. The number of carboxylic acid groups (broad SMARTS) is 1. The fourth-order valence-corrected chi connectivity index (χ4v) is 4.83. The number of hydrogen-bond acceptors (Lipinski definition) is 3. The van der Waals surface area contributed by atoms with E-state index in [1.165, 1.54) is 64.2 Å². The highest BCUT2D eigenvalue weighted by Gasteiger charge is 2.37. The molecular formula is C27H50O4. The highest BCUT2D eigenvalue weighted by atomic mass is 16.5. The molecule has 4 nitrogen and oxygen atoms in total. The van der Waals surface area contributed by atoms with Gasteiger partial charge in [0.25, 0.3) is 0 Å². The minimum absolute atomic E-state index is 0.0374. The molecule has 3 atom stereocenters. The third-order valence-electron chi connectivity index (χ3n) is 6.86. The van der Waals surface area contributed by atoms with Crippen LogP contribution in [0, 0.1) is 17.8 Å². The van der Waals surface area contributed by atoms with Crippen molar-refractivity contribution in [2.75, 3.05) is 0 Å². The molecule has 0 aliphatic heterocycles. The normalized spacial score (nSPS) is 20.0. The monoisotopic (exact) mass is 438 g/mol. The molecule has 1 aliphatic rings. The minimum Gasteiger partial charge on any atom is -0.481 e. The van der Waals surface area contributed by atoms with Gasteiger partial charge < -0.3 is 9.84 Å².